The van der Waals surface area contributed by atoms with Crippen molar-refractivity contribution >= 4 is 22.3 Å². The maximum Gasteiger partial charge on any atom is 0.261 e. The van der Waals surface area contributed by atoms with Gasteiger partial charge in [0.15, 0.2) is 0 Å². The zero-order chi connectivity index (χ0) is 24.0. The van der Waals surface area contributed by atoms with Crippen LogP contribution in [0.3, 0.4) is 0 Å². The molecule has 5 rings (SSSR count). The van der Waals surface area contributed by atoms with Crippen molar-refractivity contribution in [1.82, 2.24) is 14.5 Å². The van der Waals surface area contributed by atoms with Crippen molar-refractivity contribution in [3.05, 3.63) is 101 Å². The first kappa shape index (κ1) is 23.3. The molecule has 0 spiro atoms. The molecule has 5 nitrogen and oxygen atoms in total. The van der Waals surface area contributed by atoms with Gasteiger partial charge in [-0.15, -0.1) is 0 Å². The number of benzene rings is 3. The molecule has 1 saturated heterocycles. The van der Waals surface area contributed by atoms with E-state index in [-0.39, 0.29) is 11.6 Å². The third-order valence-electron chi connectivity index (χ3n) is 7.15. The molecule has 2 heterocycles. The van der Waals surface area contributed by atoms with E-state index in [1.165, 1.54) is 16.9 Å². The number of aryl methyl sites for hydroxylation is 1. The van der Waals surface area contributed by atoms with Crippen LogP contribution in [0, 0.1) is 0 Å². The zero-order valence-electron chi connectivity index (χ0n) is 20.5. The monoisotopic (exact) mass is 466 g/mol. The van der Waals surface area contributed by atoms with Crippen molar-refractivity contribution in [3.63, 3.8) is 0 Å². The van der Waals surface area contributed by atoms with Crippen molar-refractivity contribution in [1.29, 1.82) is 0 Å². The molecule has 35 heavy (non-hydrogen) atoms. The number of hydrogen-bond acceptors (Lipinski definition) is 4. The summed E-state index contributed by atoms with van der Waals surface area (Å²) in [6.45, 7) is 6.15. The van der Waals surface area contributed by atoms with Gasteiger partial charge in [-0.1, -0.05) is 61.9 Å². The average Bonchev–Trinajstić information content (AvgIpc) is 2.91. The molecule has 1 aliphatic rings. The number of likely N-dealkylation sites (tertiary alicyclic amines) is 1. The molecular weight excluding hydrogens is 432 g/mol. The van der Waals surface area contributed by atoms with E-state index in [0.29, 0.717) is 5.39 Å². The smallest absolute Gasteiger partial charge is 0.261 e. The first-order valence-electron chi connectivity index (χ1n) is 12.8. The van der Waals surface area contributed by atoms with E-state index in [9.17, 15) is 4.79 Å². The van der Waals surface area contributed by atoms with E-state index in [4.69, 9.17) is 0 Å². The lowest BCUT2D eigenvalue weighted by Crippen LogP contribution is -2.41. The topological polar surface area (TPSA) is 41.4 Å². The first-order chi connectivity index (χ1) is 17.2. The molecule has 0 radical (unpaired) electrons. The summed E-state index contributed by atoms with van der Waals surface area (Å²) in [7, 11) is 0. The summed E-state index contributed by atoms with van der Waals surface area (Å²) < 4.78 is 1.86. The standard InChI is InChI=1S/C30H34N4O/c1-2-10-24-11-6-9-16-29(24)33(25-12-4-3-5-13-25)22-21-32-19-17-26(18-20-32)34-23-31-28-15-8-7-14-27(28)30(34)35/h3-9,11-16,23,26H,2,10,17-22H2,1H3. The number of anilines is 2. The number of para-hydroxylation sites is 3. The summed E-state index contributed by atoms with van der Waals surface area (Å²) in [5.41, 5.74) is 4.80. The Bertz CT molecular complexity index is 1310. The van der Waals surface area contributed by atoms with Gasteiger partial charge in [0.1, 0.15) is 0 Å². The highest BCUT2D eigenvalue weighted by molar-refractivity contribution is 5.76. The number of piperidine rings is 1. The van der Waals surface area contributed by atoms with Gasteiger partial charge in [0.2, 0.25) is 0 Å². The summed E-state index contributed by atoms with van der Waals surface area (Å²) in [4.78, 5) is 22.6. The number of rotatable bonds is 8. The van der Waals surface area contributed by atoms with Gasteiger partial charge in [-0.05, 0) is 55.2 Å². The van der Waals surface area contributed by atoms with Crippen LogP contribution in [0.2, 0.25) is 0 Å². The predicted octanol–water partition coefficient (Wildman–Crippen LogP) is 5.82. The van der Waals surface area contributed by atoms with Crippen molar-refractivity contribution in [3.8, 4) is 0 Å². The predicted molar refractivity (Wildman–Crippen MR) is 145 cm³/mol. The normalized spacial score (nSPS) is 14.9. The minimum Gasteiger partial charge on any atom is -0.340 e. The molecule has 0 N–H and O–H groups in total. The van der Waals surface area contributed by atoms with Crippen LogP contribution in [0.5, 0.6) is 0 Å². The molecule has 0 bridgehead atoms. The summed E-state index contributed by atoms with van der Waals surface area (Å²) in [6, 6.07) is 27.4. The highest BCUT2D eigenvalue weighted by Gasteiger charge is 2.23. The lowest BCUT2D eigenvalue weighted by Gasteiger charge is -2.35. The molecule has 0 aliphatic carbocycles. The van der Waals surface area contributed by atoms with Gasteiger partial charge in [0, 0.05) is 43.6 Å². The lowest BCUT2D eigenvalue weighted by molar-refractivity contribution is 0.188. The van der Waals surface area contributed by atoms with Gasteiger partial charge in [0.05, 0.1) is 17.2 Å². The quantitative estimate of drug-likeness (QED) is 0.328. The maximum absolute atomic E-state index is 13.0. The molecular formula is C30H34N4O. The van der Waals surface area contributed by atoms with Crippen LogP contribution < -0.4 is 10.5 Å². The Morgan fingerprint density at radius 1 is 0.914 bits per heavy atom. The Balaban J connectivity index is 1.28. The first-order valence-corrected chi connectivity index (χ1v) is 12.8. The average molecular weight is 467 g/mol. The molecule has 5 heteroatoms. The second-order valence-corrected chi connectivity index (χ2v) is 9.41. The Morgan fingerprint density at radius 3 is 2.43 bits per heavy atom. The molecule has 0 amide bonds. The third kappa shape index (κ3) is 5.15. The van der Waals surface area contributed by atoms with Crippen LogP contribution in [0.15, 0.2) is 90.0 Å². The Kier molecular flexibility index (Phi) is 7.24. The Hall–Kier alpha value is -3.44. The van der Waals surface area contributed by atoms with Crippen LogP contribution >= 0.6 is 0 Å². The summed E-state index contributed by atoms with van der Waals surface area (Å²) >= 11 is 0. The van der Waals surface area contributed by atoms with Gasteiger partial charge in [0.25, 0.3) is 5.56 Å². The Labute approximate surface area is 207 Å². The number of fused-ring (bicyclic) bond motifs is 1. The van der Waals surface area contributed by atoms with Gasteiger partial charge in [-0.2, -0.15) is 0 Å². The van der Waals surface area contributed by atoms with Gasteiger partial charge in [-0.3, -0.25) is 9.36 Å². The third-order valence-corrected chi connectivity index (χ3v) is 7.15. The van der Waals surface area contributed by atoms with Crippen LogP contribution in [0.4, 0.5) is 11.4 Å². The molecule has 0 unspecified atom stereocenters. The van der Waals surface area contributed by atoms with E-state index < -0.39 is 0 Å². The summed E-state index contributed by atoms with van der Waals surface area (Å²) in [5.74, 6) is 0. The van der Waals surface area contributed by atoms with E-state index in [2.05, 4.69) is 76.3 Å². The molecule has 3 aromatic carbocycles. The molecule has 1 aliphatic heterocycles. The maximum atomic E-state index is 13.0. The second-order valence-electron chi connectivity index (χ2n) is 9.41. The molecule has 180 valence electrons. The van der Waals surface area contributed by atoms with Gasteiger partial charge < -0.3 is 9.80 Å². The second kappa shape index (κ2) is 10.9. The minimum atomic E-state index is 0.0804. The van der Waals surface area contributed by atoms with E-state index in [1.807, 2.05) is 28.8 Å². The van der Waals surface area contributed by atoms with Crippen molar-refractivity contribution < 1.29 is 0 Å². The highest BCUT2D eigenvalue weighted by atomic mass is 16.1. The molecule has 4 aromatic rings. The fourth-order valence-electron chi connectivity index (χ4n) is 5.26. The number of hydrogen-bond donors (Lipinski definition) is 0. The lowest BCUT2D eigenvalue weighted by atomic mass is 10.0. The largest absolute Gasteiger partial charge is 0.340 e. The summed E-state index contributed by atoms with van der Waals surface area (Å²) in [6.07, 6.45) is 5.90. The van der Waals surface area contributed by atoms with E-state index in [0.717, 1.165) is 57.4 Å². The fraction of sp³-hybridized carbons (Fsp3) is 0.333. The molecule has 0 saturated carbocycles. The van der Waals surface area contributed by atoms with Crippen molar-refractivity contribution in [2.75, 3.05) is 31.1 Å². The molecule has 0 atom stereocenters. The van der Waals surface area contributed by atoms with Crippen LogP contribution in [-0.4, -0.2) is 40.6 Å². The van der Waals surface area contributed by atoms with Gasteiger partial charge in [-0.25, -0.2) is 4.98 Å². The zero-order valence-corrected chi connectivity index (χ0v) is 20.5. The van der Waals surface area contributed by atoms with Crippen molar-refractivity contribution in [2.45, 2.75) is 38.6 Å². The molecule has 1 aromatic heterocycles. The summed E-state index contributed by atoms with van der Waals surface area (Å²) in [5, 5.41) is 0.710. The SMILES string of the molecule is CCCc1ccccc1N(CCN1CCC(n2cnc3ccccc3c2=O)CC1)c1ccccc1. The molecule has 1 fully saturated rings. The van der Waals surface area contributed by atoms with Crippen molar-refractivity contribution in [2.24, 2.45) is 0 Å². The fourth-order valence-corrected chi connectivity index (χ4v) is 5.26. The highest BCUT2D eigenvalue weighted by Crippen LogP contribution is 2.30. The van der Waals surface area contributed by atoms with Crippen LogP contribution in [0.1, 0.15) is 37.8 Å². The Morgan fingerprint density at radius 2 is 1.63 bits per heavy atom. The van der Waals surface area contributed by atoms with E-state index >= 15 is 0 Å². The minimum absolute atomic E-state index is 0.0804. The van der Waals surface area contributed by atoms with Gasteiger partial charge >= 0.3 is 0 Å². The van der Waals surface area contributed by atoms with Crippen LogP contribution in [-0.2, 0) is 6.42 Å². The number of nitrogens with zero attached hydrogens (tertiary/aromatic N) is 4. The number of aromatic nitrogens is 2. The van der Waals surface area contributed by atoms with E-state index in [1.54, 1.807) is 6.33 Å². The van der Waals surface area contributed by atoms with Crippen LogP contribution in [0.25, 0.3) is 10.9 Å².